The molecule has 1 saturated carbocycles. The average molecular weight is 262 g/mol. The van der Waals surface area contributed by atoms with Crippen LogP contribution in [0, 0.1) is 11.8 Å². The van der Waals surface area contributed by atoms with E-state index in [-0.39, 0.29) is 41.4 Å². The van der Waals surface area contributed by atoms with Gasteiger partial charge in [0.1, 0.15) is 11.7 Å². The number of allylic oxidation sites excluding steroid dienone is 1. The van der Waals surface area contributed by atoms with E-state index in [0.717, 1.165) is 12.8 Å². The first-order valence-corrected chi connectivity index (χ1v) is 6.71. The van der Waals surface area contributed by atoms with Crippen molar-refractivity contribution in [3.63, 3.8) is 0 Å². The fourth-order valence-electron chi connectivity index (χ4n) is 3.38. The minimum Gasteiger partial charge on any atom is -0.458 e. The van der Waals surface area contributed by atoms with Gasteiger partial charge in [-0.25, -0.2) is 4.79 Å². The fraction of sp³-hybridized carbons (Fsp3) is 0.600. The SMILES string of the molecule is C=C1C(=O)O[C@H]2C[C@H](C)[C@]3(/C=C/C(C)=O)O[C@@H]3C[C@H]12. The fourth-order valence-corrected chi connectivity index (χ4v) is 3.38. The molecule has 1 aliphatic carbocycles. The van der Waals surface area contributed by atoms with Crippen molar-refractivity contribution < 1.29 is 19.1 Å². The Morgan fingerprint density at radius 3 is 2.89 bits per heavy atom. The number of rotatable bonds is 2. The summed E-state index contributed by atoms with van der Waals surface area (Å²) in [6.45, 7) is 7.45. The first-order valence-electron chi connectivity index (χ1n) is 6.71. The first-order chi connectivity index (χ1) is 8.94. The molecule has 0 aromatic heterocycles. The molecule has 3 fully saturated rings. The molecule has 3 rings (SSSR count). The lowest BCUT2D eigenvalue weighted by Crippen LogP contribution is -2.24. The smallest absolute Gasteiger partial charge is 0.334 e. The molecule has 2 heterocycles. The molecule has 2 aliphatic heterocycles. The Morgan fingerprint density at radius 2 is 2.21 bits per heavy atom. The third kappa shape index (κ3) is 1.86. The summed E-state index contributed by atoms with van der Waals surface area (Å²) in [6, 6.07) is 0. The van der Waals surface area contributed by atoms with Crippen LogP contribution in [0.1, 0.15) is 26.7 Å². The number of epoxide rings is 1. The van der Waals surface area contributed by atoms with Crippen LogP contribution in [0.3, 0.4) is 0 Å². The molecule has 4 heteroatoms. The number of hydrogen-bond donors (Lipinski definition) is 0. The number of ketones is 1. The maximum atomic E-state index is 11.6. The number of fused-ring (bicyclic) bond motifs is 2. The van der Waals surface area contributed by atoms with Crippen LogP contribution in [0.5, 0.6) is 0 Å². The minimum atomic E-state index is -0.345. The largest absolute Gasteiger partial charge is 0.458 e. The summed E-state index contributed by atoms with van der Waals surface area (Å²) in [7, 11) is 0. The molecule has 0 aromatic rings. The number of esters is 1. The Bertz CT molecular complexity index is 492. The second-order valence-electron chi connectivity index (χ2n) is 5.85. The van der Waals surface area contributed by atoms with E-state index in [1.165, 1.54) is 6.92 Å². The molecule has 0 spiro atoms. The summed E-state index contributed by atoms with van der Waals surface area (Å²) in [5, 5.41) is 0. The number of ether oxygens (including phenoxy) is 2. The predicted molar refractivity (Wildman–Crippen MR) is 68.3 cm³/mol. The summed E-state index contributed by atoms with van der Waals surface area (Å²) in [6.07, 6.45) is 4.97. The highest BCUT2D eigenvalue weighted by molar-refractivity contribution is 5.91. The highest BCUT2D eigenvalue weighted by Crippen LogP contribution is 2.54. The molecule has 0 N–H and O–H groups in total. The quantitative estimate of drug-likeness (QED) is 0.432. The van der Waals surface area contributed by atoms with Gasteiger partial charge in [0, 0.05) is 11.5 Å². The van der Waals surface area contributed by atoms with E-state index in [2.05, 4.69) is 13.5 Å². The van der Waals surface area contributed by atoms with Gasteiger partial charge in [-0.1, -0.05) is 13.5 Å². The Balaban J connectivity index is 1.83. The van der Waals surface area contributed by atoms with Crippen molar-refractivity contribution in [3.8, 4) is 0 Å². The zero-order valence-corrected chi connectivity index (χ0v) is 11.2. The Kier molecular flexibility index (Phi) is 2.68. The van der Waals surface area contributed by atoms with E-state index in [4.69, 9.17) is 9.47 Å². The summed E-state index contributed by atoms with van der Waals surface area (Å²) >= 11 is 0. The molecule has 0 bridgehead atoms. The van der Waals surface area contributed by atoms with Gasteiger partial charge in [-0.3, -0.25) is 4.79 Å². The van der Waals surface area contributed by atoms with Gasteiger partial charge in [0.05, 0.1) is 6.10 Å². The molecule has 0 amide bonds. The van der Waals surface area contributed by atoms with Crippen LogP contribution in [0.15, 0.2) is 24.3 Å². The van der Waals surface area contributed by atoms with Crippen LogP contribution in [0.4, 0.5) is 0 Å². The zero-order valence-electron chi connectivity index (χ0n) is 11.2. The molecule has 4 nitrogen and oxygen atoms in total. The lowest BCUT2D eigenvalue weighted by atomic mass is 9.88. The van der Waals surface area contributed by atoms with Gasteiger partial charge in [-0.05, 0) is 37.8 Å². The Labute approximate surface area is 112 Å². The topological polar surface area (TPSA) is 55.9 Å². The van der Waals surface area contributed by atoms with Gasteiger partial charge >= 0.3 is 5.97 Å². The third-order valence-electron chi connectivity index (χ3n) is 4.61. The van der Waals surface area contributed by atoms with Gasteiger partial charge < -0.3 is 9.47 Å². The van der Waals surface area contributed by atoms with Crippen LogP contribution >= 0.6 is 0 Å². The van der Waals surface area contributed by atoms with Gasteiger partial charge in [0.2, 0.25) is 0 Å². The summed E-state index contributed by atoms with van der Waals surface area (Å²) in [5.41, 5.74) is 0.224. The molecule has 0 radical (unpaired) electrons. The van der Waals surface area contributed by atoms with E-state index >= 15 is 0 Å². The molecular formula is C15H18O4. The van der Waals surface area contributed by atoms with Gasteiger partial charge in [0.25, 0.3) is 0 Å². The van der Waals surface area contributed by atoms with E-state index in [0.29, 0.717) is 5.57 Å². The molecule has 3 aliphatic rings. The maximum absolute atomic E-state index is 11.6. The molecule has 19 heavy (non-hydrogen) atoms. The summed E-state index contributed by atoms with van der Waals surface area (Å²) < 4.78 is 11.2. The third-order valence-corrected chi connectivity index (χ3v) is 4.61. The minimum absolute atomic E-state index is 0.0242. The Morgan fingerprint density at radius 1 is 1.47 bits per heavy atom. The second-order valence-corrected chi connectivity index (χ2v) is 5.85. The van der Waals surface area contributed by atoms with Crippen LogP contribution in [-0.2, 0) is 19.1 Å². The number of carbonyl (C=O) groups is 2. The zero-order chi connectivity index (χ0) is 13.8. The number of carbonyl (C=O) groups excluding carboxylic acids is 2. The predicted octanol–water partition coefficient (Wildman–Crippen LogP) is 1.80. The van der Waals surface area contributed by atoms with Gasteiger partial charge in [-0.15, -0.1) is 0 Å². The van der Waals surface area contributed by atoms with Crippen molar-refractivity contribution in [1.29, 1.82) is 0 Å². The lowest BCUT2D eigenvalue weighted by molar-refractivity contribution is -0.139. The van der Waals surface area contributed by atoms with Crippen LogP contribution in [-0.4, -0.2) is 29.6 Å². The van der Waals surface area contributed by atoms with Gasteiger partial charge in [-0.2, -0.15) is 0 Å². The van der Waals surface area contributed by atoms with Crippen LogP contribution < -0.4 is 0 Å². The van der Waals surface area contributed by atoms with Crippen molar-refractivity contribution in [1.82, 2.24) is 0 Å². The second kappa shape index (κ2) is 4.04. The van der Waals surface area contributed by atoms with Crippen LogP contribution in [0.2, 0.25) is 0 Å². The van der Waals surface area contributed by atoms with Crippen LogP contribution in [0.25, 0.3) is 0 Å². The highest BCUT2D eigenvalue weighted by atomic mass is 16.6. The molecular weight excluding hydrogens is 244 g/mol. The van der Waals surface area contributed by atoms with Crippen molar-refractivity contribution >= 4 is 11.8 Å². The standard InChI is InChI=1S/C15H18O4/c1-8-6-12-11(10(3)14(17)18-12)7-13-15(8,19-13)5-4-9(2)16/h4-5,8,11-13H,3,6-7H2,1-2H3/b5-4+/t8-,11+,12-,13+,15-/m0/s1. The summed E-state index contributed by atoms with van der Waals surface area (Å²) in [5.74, 6) is 0.0441. The van der Waals surface area contributed by atoms with E-state index in [1.807, 2.05) is 6.08 Å². The van der Waals surface area contributed by atoms with E-state index in [9.17, 15) is 9.59 Å². The molecule has 0 unspecified atom stereocenters. The molecule has 102 valence electrons. The molecule has 5 atom stereocenters. The monoisotopic (exact) mass is 262 g/mol. The maximum Gasteiger partial charge on any atom is 0.334 e. The van der Waals surface area contributed by atoms with E-state index < -0.39 is 0 Å². The van der Waals surface area contributed by atoms with E-state index in [1.54, 1.807) is 6.08 Å². The average Bonchev–Trinajstić information content (AvgIpc) is 3.00. The van der Waals surface area contributed by atoms with Crippen molar-refractivity contribution in [2.75, 3.05) is 0 Å². The molecule has 0 aromatic carbocycles. The van der Waals surface area contributed by atoms with Crippen molar-refractivity contribution in [3.05, 3.63) is 24.3 Å². The molecule has 2 saturated heterocycles. The lowest BCUT2D eigenvalue weighted by Gasteiger charge is -2.20. The summed E-state index contributed by atoms with van der Waals surface area (Å²) in [4.78, 5) is 22.7. The van der Waals surface area contributed by atoms with Gasteiger partial charge in [0.15, 0.2) is 5.78 Å². The Hall–Kier alpha value is -1.42. The normalized spacial score (nSPS) is 44.5. The van der Waals surface area contributed by atoms with Crippen molar-refractivity contribution in [2.45, 2.75) is 44.5 Å². The van der Waals surface area contributed by atoms with Crippen molar-refractivity contribution in [2.24, 2.45) is 11.8 Å². The number of hydrogen-bond acceptors (Lipinski definition) is 4. The highest BCUT2D eigenvalue weighted by Gasteiger charge is 2.63. The first kappa shape index (κ1) is 12.6.